The van der Waals surface area contributed by atoms with Gasteiger partial charge in [0.1, 0.15) is 11.6 Å². The minimum Gasteiger partial charge on any atom is -0.379 e. The molecule has 1 aromatic heterocycles. The Kier molecular flexibility index (Phi) is 9.63. The molecule has 1 saturated heterocycles. The fourth-order valence-electron chi connectivity index (χ4n) is 5.97. The van der Waals surface area contributed by atoms with Crippen LogP contribution in [0.2, 0.25) is 0 Å². The van der Waals surface area contributed by atoms with Crippen LogP contribution in [0.1, 0.15) is 56.2 Å². The molecule has 218 valence electrons. The monoisotopic (exact) mass is 578 g/mol. The molecule has 5 rings (SSSR count). The Balaban J connectivity index is 1.11. The highest BCUT2D eigenvalue weighted by Crippen LogP contribution is 2.34. The zero-order chi connectivity index (χ0) is 28.8. The van der Waals surface area contributed by atoms with Crippen molar-refractivity contribution >= 4 is 15.6 Å². The highest BCUT2D eigenvalue weighted by molar-refractivity contribution is 7.91. The molecular weight excluding hydrogens is 539 g/mol. The maximum absolute atomic E-state index is 13.2. The molecule has 2 aromatic carbocycles. The molecule has 1 atom stereocenters. The van der Waals surface area contributed by atoms with Crippen molar-refractivity contribution in [3.8, 4) is 11.1 Å². The van der Waals surface area contributed by atoms with Crippen LogP contribution in [-0.4, -0.2) is 56.1 Å². The van der Waals surface area contributed by atoms with Crippen LogP contribution in [0.4, 0.5) is 4.39 Å². The van der Waals surface area contributed by atoms with Gasteiger partial charge in [0.15, 0.2) is 9.84 Å². The molecule has 0 N–H and O–H groups in total. The number of carbonyl (C=O) groups is 1. The van der Waals surface area contributed by atoms with Gasteiger partial charge < -0.3 is 4.74 Å². The van der Waals surface area contributed by atoms with E-state index in [4.69, 9.17) is 4.74 Å². The molecule has 2 aliphatic rings. The smallest absolute Gasteiger partial charge is 0.178 e. The van der Waals surface area contributed by atoms with E-state index in [9.17, 15) is 17.6 Å². The van der Waals surface area contributed by atoms with Crippen LogP contribution in [0.3, 0.4) is 0 Å². The van der Waals surface area contributed by atoms with Crippen molar-refractivity contribution in [1.29, 1.82) is 0 Å². The zero-order valence-corrected chi connectivity index (χ0v) is 24.5. The second-order valence-corrected chi connectivity index (χ2v) is 13.6. The van der Waals surface area contributed by atoms with Gasteiger partial charge in [-0.2, -0.15) is 0 Å². The first-order chi connectivity index (χ1) is 19.8. The lowest BCUT2D eigenvalue weighted by Gasteiger charge is -2.28. The molecule has 0 radical (unpaired) electrons. The Hall–Kier alpha value is -2.94. The molecule has 1 aliphatic heterocycles. The Morgan fingerprint density at radius 1 is 0.951 bits per heavy atom. The van der Waals surface area contributed by atoms with Crippen LogP contribution in [0.5, 0.6) is 0 Å². The maximum Gasteiger partial charge on any atom is 0.178 e. The summed E-state index contributed by atoms with van der Waals surface area (Å²) in [7, 11) is -3.43. The van der Waals surface area contributed by atoms with Crippen molar-refractivity contribution in [3.63, 3.8) is 0 Å². The van der Waals surface area contributed by atoms with Gasteiger partial charge in [0.2, 0.25) is 0 Å². The quantitative estimate of drug-likeness (QED) is 0.291. The first kappa shape index (κ1) is 29.5. The van der Waals surface area contributed by atoms with E-state index in [1.165, 1.54) is 12.1 Å². The van der Waals surface area contributed by atoms with E-state index in [0.717, 1.165) is 80.9 Å². The number of ether oxygens (including phenoxy) is 1. The number of ketones is 1. The summed E-state index contributed by atoms with van der Waals surface area (Å²) >= 11 is 0. The summed E-state index contributed by atoms with van der Waals surface area (Å²) in [5.74, 6) is 0.123. The summed E-state index contributed by atoms with van der Waals surface area (Å²) in [4.78, 5) is 20.2. The molecule has 1 saturated carbocycles. The van der Waals surface area contributed by atoms with Gasteiger partial charge in [0, 0.05) is 43.7 Å². The second-order valence-electron chi connectivity index (χ2n) is 11.6. The summed E-state index contributed by atoms with van der Waals surface area (Å²) < 4.78 is 45.0. The van der Waals surface area contributed by atoms with Gasteiger partial charge >= 0.3 is 0 Å². The molecule has 2 heterocycles. The number of hydrogen-bond donors (Lipinski definition) is 0. The number of aromatic nitrogens is 1. The number of nitrogens with zero attached hydrogens (tertiary/aromatic N) is 2. The number of sulfone groups is 1. The zero-order valence-electron chi connectivity index (χ0n) is 23.7. The van der Waals surface area contributed by atoms with Crippen molar-refractivity contribution in [2.45, 2.75) is 56.4 Å². The molecule has 8 heteroatoms. The van der Waals surface area contributed by atoms with Gasteiger partial charge in [-0.05, 0) is 79.0 Å². The fourth-order valence-corrected chi connectivity index (χ4v) is 7.66. The Labute approximate surface area is 242 Å². The number of rotatable bonds is 10. The van der Waals surface area contributed by atoms with Crippen LogP contribution in [0, 0.1) is 17.7 Å². The third kappa shape index (κ3) is 7.87. The van der Waals surface area contributed by atoms with Gasteiger partial charge in [-0.3, -0.25) is 14.7 Å². The van der Waals surface area contributed by atoms with E-state index in [1.807, 2.05) is 37.4 Å². The van der Waals surface area contributed by atoms with Crippen molar-refractivity contribution in [2.75, 3.05) is 32.1 Å². The van der Waals surface area contributed by atoms with E-state index in [-0.39, 0.29) is 35.1 Å². The standard InChI is InChI=1S/C33H39FN2O4S/c1-24(26-6-11-30(34)12-7-26)20-33(37)28-4-2-25(3-5-28)23-41(38,39)32-14-9-27(10-15-32)29-8-13-31(35-21-29)22-36-16-18-40-19-17-36/h6-15,21,24-25,28H,2-5,16-20,22-23H2,1H3/t24-,25?,28?/m0/s1. The Bertz CT molecular complexity index is 1400. The molecule has 0 bridgehead atoms. The molecular formula is C33H39FN2O4S. The van der Waals surface area contributed by atoms with Crippen molar-refractivity contribution < 1.29 is 22.3 Å². The predicted molar refractivity (Wildman–Crippen MR) is 158 cm³/mol. The number of hydrogen-bond acceptors (Lipinski definition) is 6. The molecule has 2 fully saturated rings. The summed E-state index contributed by atoms with van der Waals surface area (Å²) in [5, 5.41) is 0. The third-order valence-corrected chi connectivity index (χ3v) is 10.5. The SMILES string of the molecule is C[C@@H](CC(=O)C1CCC(CS(=O)(=O)c2ccc(-c3ccc(CN4CCOCC4)nc3)cc2)CC1)c1ccc(F)cc1. The highest BCUT2D eigenvalue weighted by Gasteiger charge is 2.30. The topological polar surface area (TPSA) is 76.6 Å². The maximum atomic E-state index is 13.2. The minimum absolute atomic E-state index is 0.0231. The molecule has 1 aliphatic carbocycles. The molecule has 41 heavy (non-hydrogen) atoms. The van der Waals surface area contributed by atoms with Crippen LogP contribution in [0.25, 0.3) is 11.1 Å². The first-order valence-electron chi connectivity index (χ1n) is 14.6. The fraction of sp³-hybridized carbons (Fsp3) is 0.455. The number of pyridine rings is 1. The van der Waals surface area contributed by atoms with E-state index in [2.05, 4.69) is 9.88 Å². The summed E-state index contributed by atoms with van der Waals surface area (Å²) in [5.41, 5.74) is 3.86. The van der Waals surface area contributed by atoms with Gasteiger partial charge in [-0.15, -0.1) is 0 Å². The lowest BCUT2D eigenvalue weighted by atomic mass is 9.78. The summed E-state index contributed by atoms with van der Waals surface area (Å²) in [6.07, 6.45) is 5.20. The first-order valence-corrected chi connectivity index (χ1v) is 16.3. The average Bonchev–Trinajstić information content (AvgIpc) is 2.98. The molecule has 3 aromatic rings. The number of morpholine rings is 1. The predicted octanol–water partition coefficient (Wildman–Crippen LogP) is 6.06. The normalized spacial score (nSPS) is 20.9. The summed E-state index contributed by atoms with van der Waals surface area (Å²) in [6, 6.07) is 17.5. The number of benzene rings is 2. The van der Waals surface area contributed by atoms with E-state index >= 15 is 0 Å². The molecule has 0 amide bonds. The van der Waals surface area contributed by atoms with Crippen molar-refractivity contribution in [1.82, 2.24) is 9.88 Å². The van der Waals surface area contributed by atoms with Crippen LogP contribution in [-0.2, 0) is 25.9 Å². The highest BCUT2D eigenvalue weighted by atomic mass is 32.2. The number of halogens is 1. The molecule has 6 nitrogen and oxygen atoms in total. The van der Waals surface area contributed by atoms with E-state index in [0.29, 0.717) is 11.3 Å². The average molecular weight is 579 g/mol. The Morgan fingerprint density at radius 3 is 2.24 bits per heavy atom. The van der Waals surface area contributed by atoms with Crippen LogP contribution >= 0.6 is 0 Å². The lowest BCUT2D eigenvalue weighted by molar-refractivity contribution is -0.124. The molecule has 0 spiro atoms. The number of carbonyl (C=O) groups excluding carboxylic acids is 1. The second kappa shape index (κ2) is 13.4. The van der Waals surface area contributed by atoms with Gasteiger partial charge in [-0.25, -0.2) is 12.8 Å². The third-order valence-electron chi connectivity index (χ3n) is 8.56. The summed E-state index contributed by atoms with van der Waals surface area (Å²) in [6.45, 7) is 6.13. The van der Waals surface area contributed by atoms with Crippen molar-refractivity contribution in [2.24, 2.45) is 11.8 Å². The van der Waals surface area contributed by atoms with Gasteiger partial charge in [0.05, 0.1) is 29.6 Å². The molecule has 0 unspecified atom stereocenters. The van der Waals surface area contributed by atoms with E-state index in [1.54, 1.807) is 24.3 Å². The van der Waals surface area contributed by atoms with E-state index < -0.39 is 9.84 Å². The number of Topliss-reactive ketones (excluding diaryl/α,β-unsaturated/α-hetero) is 1. The Morgan fingerprint density at radius 2 is 1.61 bits per heavy atom. The van der Waals surface area contributed by atoms with Gasteiger partial charge in [-0.1, -0.05) is 37.3 Å². The van der Waals surface area contributed by atoms with Gasteiger partial charge in [0.25, 0.3) is 0 Å². The van der Waals surface area contributed by atoms with Crippen LogP contribution in [0.15, 0.2) is 71.8 Å². The van der Waals surface area contributed by atoms with Crippen LogP contribution < -0.4 is 0 Å². The lowest BCUT2D eigenvalue weighted by Crippen LogP contribution is -2.35. The largest absolute Gasteiger partial charge is 0.379 e. The van der Waals surface area contributed by atoms with Crippen molar-refractivity contribution in [3.05, 3.63) is 83.9 Å². The minimum atomic E-state index is -3.43.